The van der Waals surface area contributed by atoms with Crippen molar-refractivity contribution in [2.75, 3.05) is 10.2 Å². The number of nitrogens with zero attached hydrogens (tertiary/aromatic N) is 1. The number of rotatable bonds is 5. The van der Waals surface area contributed by atoms with Gasteiger partial charge in [-0.15, -0.1) is 0 Å². The van der Waals surface area contributed by atoms with Gasteiger partial charge in [-0.25, -0.2) is 0 Å². The van der Waals surface area contributed by atoms with Crippen LogP contribution in [0.2, 0.25) is 10.0 Å². The molecule has 162 valence electrons. The first-order valence-corrected chi connectivity index (χ1v) is 10.4. The van der Waals surface area contributed by atoms with E-state index < -0.39 is 23.6 Å². The summed E-state index contributed by atoms with van der Waals surface area (Å²) in [4.78, 5) is 39.0. The molecule has 0 saturated heterocycles. The lowest BCUT2D eigenvalue weighted by atomic mass is 9.89. The van der Waals surface area contributed by atoms with Crippen LogP contribution in [-0.2, 0) is 14.4 Å². The third-order valence-electron chi connectivity index (χ3n) is 5.01. The fraction of sp³-hybridized carbons (Fsp3) is 0.261. The van der Waals surface area contributed by atoms with Gasteiger partial charge in [0.15, 0.2) is 11.5 Å². The lowest BCUT2D eigenvalue weighted by molar-refractivity contribution is -0.119. The maximum absolute atomic E-state index is 13.2. The Morgan fingerprint density at radius 1 is 1.10 bits per heavy atom. The summed E-state index contributed by atoms with van der Waals surface area (Å²) in [5, 5.41) is 14.1. The van der Waals surface area contributed by atoms with Crippen molar-refractivity contribution in [1.82, 2.24) is 0 Å². The molecule has 31 heavy (non-hydrogen) atoms. The van der Waals surface area contributed by atoms with Crippen molar-refractivity contribution in [3.63, 3.8) is 0 Å². The lowest BCUT2D eigenvalue weighted by Gasteiger charge is -2.29. The summed E-state index contributed by atoms with van der Waals surface area (Å²) >= 11 is 12.3. The van der Waals surface area contributed by atoms with Crippen molar-refractivity contribution in [2.24, 2.45) is 5.92 Å². The normalized spacial score (nSPS) is 16.3. The van der Waals surface area contributed by atoms with Crippen LogP contribution in [0.3, 0.4) is 0 Å². The van der Waals surface area contributed by atoms with Crippen molar-refractivity contribution in [3.8, 4) is 0 Å². The smallest absolute Gasteiger partial charge is 0.294 e. The third-order valence-corrected chi connectivity index (χ3v) is 5.46. The maximum Gasteiger partial charge on any atom is 0.294 e. The van der Waals surface area contributed by atoms with Gasteiger partial charge in [-0.2, -0.15) is 0 Å². The van der Waals surface area contributed by atoms with Crippen LogP contribution in [0.25, 0.3) is 0 Å². The second-order valence-electron chi connectivity index (χ2n) is 7.74. The van der Waals surface area contributed by atoms with E-state index in [9.17, 15) is 19.5 Å². The molecule has 0 saturated carbocycles. The zero-order chi connectivity index (χ0) is 23.0. The molecule has 0 aliphatic carbocycles. The van der Waals surface area contributed by atoms with E-state index in [0.717, 1.165) is 5.56 Å². The van der Waals surface area contributed by atoms with Crippen LogP contribution < -0.4 is 10.2 Å². The Morgan fingerprint density at radius 3 is 2.35 bits per heavy atom. The summed E-state index contributed by atoms with van der Waals surface area (Å²) in [6.07, 6.45) is 0. The molecule has 0 bridgehead atoms. The molecule has 0 spiro atoms. The van der Waals surface area contributed by atoms with Crippen LogP contribution in [0.1, 0.15) is 37.9 Å². The molecule has 6 nitrogen and oxygen atoms in total. The lowest BCUT2D eigenvalue weighted by Crippen LogP contribution is -2.32. The zero-order valence-corrected chi connectivity index (χ0v) is 19.0. The third kappa shape index (κ3) is 4.45. The number of aryl methyl sites for hydroxylation is 1. The Morgan fingerprint density at radius 2 is 1.77 bits per heavy atom. The molecular weight excluding hydrogens is 439 g/mol. The van der Waals surface area contributed by atoms with Crippen LogP contribution in [0, 0.1) is 12.8 Å². The number of carbonyl (C=O) groups is 3. The van der Waals surface area contributed by atoms with Crippen LogP contribution in [0.4, 0.5) is 11.4 Å². The van der Waals surface area contributed by atoms with Crippen LogP contribution in [-0.4, -0.2) is 22.7 Å². The Kier molecular flexibility index (Phi) is 6.43. The second-order valence-corrected chi connectivity index (χ2v) is 8.61. The van der Waals surface area contributed by atoms with Gasteiger partial charge < -0.3 is 10.4 Å². The van der Waals surface area contributed by atoms with Gasteiger partial charge >= 0.3 is 0 Å². The topological polar surface area (TPSA) is 86.7 Å². The van der Waals surface area contributed by atoms with Gasteiger partial charge in [0, 0.05) is 34.3 Å². The van der Waals surface area contributed by atoms with Crippen LogP contribution in [0.15, 0.2) is 47.7 Å². The average Bonchev–Trinajstić information content (AvgIpc) is 2.91. The first kappa shape index (κ1) is 22.8. The highest BCUT2D eigenvalue weighted by molar-refractivity contribution is 6.31. The molecule has 2 aromatic rings. The molecule has 1 aliphatic rings. The van der Waals surface area contributed by atoms with Gasteiger partial charge in [0.25, 0.3) is 5.91 Å². The van der Waals surface area contributed by atoms with E-state index >= 15 is 0 Å². The molecule has 0 fully saturated rings. The van der Waals surface area contributed by atoms with Gasteiger partial charge in [-0.05, 0) is 48.4 Å². The van der Waals surface area contributed by atoms with Crippen molar-refractivity contribution < 1.29 is 19.5 Å². The van der Waals surface area contributed by atoms with Gasteiger partial charge in [0.2, 0.25) is 5.91 Å². The quantitative estimate of drug-likeness (QED) is 0.626. The Balaban J connectivity index is 2.24. The average molecular weight is 461 g/mol. The highest BCUT2D eigenvalue weighted by Gasteiger charge is 2.45. The number of amides is 2. The molecule has 1 aliphatic heterocycles. The number of halogens is 2. The maximum atomic E-state index is 13.2. The summed E-state index contributed by atoms with van der Waals surface area (Å²) in [5.74, 6) is -2.40. The number of Topliss-reactive ketones (excluding diaryl/α,β-unsaturated/α-hetero) is 1. The molecule has 2 aromatic carbocycles. The minimum absolute atomic E-state index is 0.0199. The Bertz CT molecular complexity index is 1120. The first-order valence-electron chi connectivity index (χ1n) is 9.66. The predicted octanol–water partition coefficient (Wildman–Crippen LogP) is 5.39. The highest BCUT2D eigenvalue weighted by atomic mass is 35.5. The number of ketones is 1. The highest BCUT2D eigenvalue weighted by Crippen LogP contribution is 2.44. The molecule has 0 aromatic heterocycles. The second kappa shape index (κ2) is 8.73. The van der Waals surface area contributed by atoms with E-state index in [2.05, 4.69) is 5.32 Å². The number of benzene rings is 2. The van der Waals surface area contributed by atoms with E-state index in [-0.39, 0.29) is 22.3 Å². The monoisotopic (exact) mass is 460 g/mol. The number of hydrogen-bond donors (Lipinski definition) is 2. The van der Waals surface area contributed by atoms with E-state index in [1.54, 1.807) is 50.2 Å². The zero-order valence-electron chi connectivity index (χ0n) is 17.5. The fourth-order valence-corrected chi connectivity index (χ4v) is 4.12. The molecule has 1 atom stereocenters. The number of nitrogens with one attached hydrogen (secondary N) is 1. The minimum Gasteiger partial charge on any atom is -0.503 e. The van der Waals surface area contributed by atoms with Crippen molar-refractivity contribution >= 4 is 52.2 Å². The largest absolute Gasteiger partial charge is 0.503 e. The van der Waals surface area contributed by atoms with Gasteiger partial charge in [0.05, 0.1) is 11.6 Å². The van der Waals surface area contributed by atoms with E-state index in [4.69, 9.17) is 23.2 Å². The molecule has 0 radical (unpaired) electrons. The molecule has 1 unspecified atom stereocenters. The predicted molar refractivity (Wildman–Crippen MR) is 122 cm³/mol. The fourth-order valence-electron chi connectivity index (χ4n) is 3.66. The summed E-state index contributed by atoms with van der Waals surface area (Å²) in [5.41, 5.74) is 2.14. The Labute approximate surface area is 190 Å². The van der Waals surface area contributed by atoms with Crippen molar-refractivity contribution in [2.45, 2.75) is 33.7 Å². The van der Waals surface area contributed by atoms with Crippen molar-refractivity contribution in [3.05, 3.63) is 68.9 Å². The van der Waals surface area contributed by atoms with Crippen LogP contribution >= 0.6 is 23.2 Å². The van der Waals surface area contributed by atoms with Gasteiger partial charge in [0.1, 0.15) is 0 Å². The van der Waals surface area contributed by atoms with Crippen molar-refractivity contribution in [1.29, 1.82) is 0 Å². The van der Waals surface area contributed by atoms with Crippen LogP contribution in [0.5, 0.6) is 0 Å². The number of aliphatic hydroxyl groups is 1. The number of hydrogen-bond acceptors (Lipinski definition) is 4. The summed E-state index contributed by atoms with van der Waals surface area (Å²) in [7, 11) is 0. The minimum atomic E-state index is -0.872. The first-order chi connectivity index (χ1) is 14.5. The van der Waals surface area contributed by atoms with E-state index in [1.807, 2.05) is 6.92 Å². The standard InChI is InChI=1S/C23H22Cl2N2O4/c1-11(2)21(29)19-20(18-6-5-14(24)7-12(18)3)27(23(31)22(19)30)17-9-15(25)8-16(10-17)26-13(4)28/h5-11,20,30H,1-4H3,(H,26,28). The van der Waals surface area contributed by atoms with E-state index in [1.165, 1.54) is 11.8 Å². The number of aliphatic hydroxyl groups excluding tert-OH is 1. The number of anilines is 2. The summed E-state index contributed by atoms with van der Waals surface area (Å²) < 4.78 is 0. The number of carbonyl (C=O) groups excluding carboxylic acids is 3. The molecule has 2 amide bonds. The summed E-state index contributed by atoms with van der Waals surface area (Å²) in [6, 6.07) is 8.91. The molecular formula is C23H22Cl2N2O4. The van der Waals surface area contributed by atoms with Gasteiger partial charge in [-0.1, -0.05) is 43.1 Å². The molecule has 1 heterocycles. The molecule has 3 rings (SSSR count). The molecule has 8 heteroatoms. The Hall–Kier alpha value is -2.83. The summed E-state index contributed by atoms with van der Waals surface area (Å²) in [6.45, 7) is 6.58. The molecule has 2 N–H and O–H groups in total. The SMILES string of the molecule is CC(=O)Nc1cc(Cl)cc(N2C(=O)C(O)=C(C(=O)C(C)C)C2c2ccc(Cl)cc2C)c1. The van der Waals surface area contributed by atoms with Gasteiger partial charge in [-0.3, -0.25) is 19.3 Å². The van der Waals surface area contributed by atoms with E-state index in [0.29, 0.717) is 22.0 Å².